The molecule has 17 heavy (non-hydrogen) atoms. The van der Waals surface area contributed by atoms with Gasteiger partial charge in [0.2, 0.25) is 0 Å². The SMILES string of the molecule is Cc1csc(CC(CCl)c2ccccc2Cl)n1. The third-order valence-electron chi connectivity index (χ3n) is 2.62. The summed E-state index contributed by atoms with van der Waals surface area (Å²) in [4.78, 5) is 4.47. The van der Waals surface area contributed by atoms with Crippen molar-refractivity contribution in [3.8, 4) is 0 Å². The third-order valence-corrected chi connectivity index (χ3v) is 4.32. The van der Waals surface area contributed by atoms with Crippen molar-refractivity contribution in [2.24, 2.45) is 0 Å². The van der Waals surface area contributed by atoms with Crippen molar-refractivity contribution < 1.29 is 0 Å². The van der Waals surface area contributed by atoms with E-state index in [1.165, 1.54) is 0 Å². The first kappa shape index (κ1) is 12.9. The zero-order valence-electron chi connectivity index (χ0n) is 9.49. The predicted molar refractivity (Wildman–Crippen MR) is 75.5 cm³/mol. The number of hydrogen-bond donors (Lipinski definition) is 0. The van der Waals surface area contributed by atoms with Crippen LogP contribution in [-0.4, -0.2) is 10.9 Å². The lowest BCUT2D eigenvalue weighted by Crippen LogP contribution is -2.05. The maximum absolute atomic E-state index is 6.19. The van der Waals surface area contributed by atoms with Gasteiger partial charge in [0.05, 0.1) is 5.01 Å². The maximum atomic E-state index is 6.19. The number of aryl methyl sites for hydroxylation is 1. The van der Waals surface area contributed by atoms with Gasteiger partial charge in [-0.15, -0.1) is 22.9 Å². The molecule has 4 heteroatoms. The van der Waals surface area contributed by atoms with E-state index in [2.05, 4.69) is 10.4 Å². The molecule has 1 heterocycles. The van der Waals surface area contributed by atoms with Crippen molar-refractivity contribution in [3.05, 3.63) is 50.9 Å². The van der Waals surface area contributed by atoms with Gasteiger partial charge in [-0.05, 0) is 18.6 Å². The van der Waals surface area contributed by atoms with Crippen LogP contribution in [0.4, 0.5) is 0 Å². The van der Waals surface area contributed by atoms with E-state index in [0.29, 0.717) is 5.88 Å². The van der Waals surface area contributed by atoms with E-state index >= 15 is 0 Å². The molecule has 0 saturated carbocycles. The zero-order chi connectivity index (χ0) is 12.3. The van der Waals surface area contributed by atoms with Crippen LogP contribution in [-0.2, 0) is 6.42 Å². The highest BCUT2D eigenvalue weighted by Gasteiger charge is 2.15. The van der Waals surface area contributed by atoms with Gasteiger partial charge in [-0.2, -0.15) is 0 Å². The van der Waals surface area contributed by atoms with Crippen molar-refractivity contribution in [2.45, 2.75) is 19.3 Å². The lowest BCUT2D eigenvalue weighted by molar-refractivity contribution is 0.759. The molecule has 0 amide bonds. The van der Waals surface area contributed by atoms with E-state index in [0.717, 1.165) is 27.7 Å². The molecule has 1 aromatic carbocycles. The average molecular weight is 286 g/mol. The van der Waals surface area contributed by atoms with Crippen LogP contribution in [0.1, 0.15) is 22.2 Å². The molecule has 1 aromatic heterocycles. The van der Waals surface area contributed by atoms with Crippen molar-refractivity contribution in [1.29, 1.82) is 0 Å². The Hall–Kier alpha value is -0.570. The topological polar surface area (TPSA) is 12.9 Å². The summed E-state index contributed by atoms with van der Waals surface area (Å²) >= 11 is 13.9. The Morgan fingerprint density at radius 3 is 2.71 bits per heavy atom. The number of benzene rings is 1. The lowest BCUT2D eigenvalue weighted by Gasteiger charge is -2.14. The molecule has 0 aliphatic rings. The first-order valence-corrected chi connectivity index (χ1v) is 7.21. The monoisotopic (exact) mass is 285 g/mol. The van der Waals surface area contributed by atoms with Gasteiger partial charge in [0.1, 0.15) is 0 Å². The van der Waals surface area contributed by atoms with Gasteiger partial charge >= 0.3 is 0 Å². The van der Waals surface area contributed by atoms with E-state index in [9.17, 15) is 0 Å². The maximum Gasteiger partial charge on any atom is 0.0934 e. The van der Waals surface area contributed by atoms with Crippen LogP contribution in [0.5, 0.6) is 0 Å². The van der Waals surface area contributed by atoms with Gasteiger partial charge in [-0.25, -0.2) is 4.98 Å². The van der Waals surface area contributed by atoms with Crippen molar-refractivity contribution in [3.63, 3.8) is 0 Å². The fourth-order valence-electron chi connectivity index (χ4n) is 1.76. The number of aromatic nitrogens is 1. The summed E-state index contributed by atoms with van der Waals surface area (Å²) in [5.74, 6) is 0.790. The molecule has 1 unspecified atom stereocenters. The fraction of sp³-hybridized carbons (Fsp3) is 0.308. The van der Waals surface area contributed by atoms with Gasteiger partial charge < -0.3 is 0 Å². The van der Waals surface area contributed by atoms with Crippen molar-refractivity contribution in [2.75, 3.05) is 5.88 Å². The number of alkyl halides is 1. The largest absolute Gasteiger partial charge is 0.247 e. The molecular weight excluding hydrogens is 273 g/mol. The summed E-state index contributed by atoms with van der Waals surface area (Å²) in [6.45, 7) is 2.01. The Kier molecular flexibility index (Phi) is 4.43. The number of halogens is 2. The first-order valence-electron chi connectivity index (χ1n) is 5.42. The van der Waals surface area contributed by atoms with E-state index in [1.807, 2.05) is 31.2 Å². The molecule has 0 radical (unpaired) electrons. The van der Waals surface area contributed by atoms with Crippen LogP contribution in [0.25, 0.3) is 0 Å². The molecule has 0 fully saturated rings. The average Bonchev–Trinajstić information content (AvgIpc) is 2.73. The first-order chi connectivity index (χ1) is 8.20. The van der Waals surface area contributed by atoms with Crippen LogP contribution in [0, 0.1) is 6.92 Å². The van der Waals surface area contributed by atoms with Gasteiger partial charge in [0.25, 0.3) is 0 Å². The Labute approximate surface area is 115 Å². The molecule has 0 N–H and O–H groups in total. The molecule has 0 saturated heterocycles. The summed E-state index contributed by atoms with van der Waals surface area (Å²) in [7, 11) is 0. The van der Waals surface area contributed by atoms with E-state index < -0.39 is 0 Å². The molecule has 1 nitrogen and oxygen atoms in total. The molecule has 0 spiro atoms. The lowest BCUT2D eigenvalue weighted by atomic mass is 9.98. The molecule has 1 atom stereocenters. The fourth-order valence-corrected chi connectivity index (χ4v) is 3.18. The second-order valence-corrected chi connectivity index (χ2v) is 5.62. The minimum atomic E-state index is 0.232. The molecule has 2 rings (SSSR count). The second kappa shape index (κ2) is 5.85. The summed E-state index contributed by atoms with van der Waals surface area (Å²) in [5, 5.41) is 3.97. The Balaban J connectivity index is 2.20. The van der Waals surface area contributed by atoms with E-state index in [4.69, 9.17) is 23.2 Å². The smallest absolute Gasteiger partial charge is 0.0934 e. The van der Waals surface area contributed by atoms with Crippen LogP contribution in [0.3, 0.4) is 0 Å². The molecule has 90 valence electrons. The zero-order valence-corrected chi connectivity index (χ0v) is 11.8. The van der Waals surface area contributed by atoms with Gasteiger partial charge in [0, 0.05) is 34.3 Å². The van der Waals surface area contributed by atoms with Crippen molar-refractivity contribution >= 4 is 34.5 Å². The van der Waals surface area contributed by atoms with Crippen LogP contribution in [0.2, 0.25) is 5.02 Å². The summed E-state index contributed by atoms with van der Waals surface area (Å²) < 4.78 is 0. The Morgan fingerprint density at radius 1 is 1.35 bits per heavy atom. The summed E-state index contributed by atoms with van der Waals surface area (Å²) in [5.41, 5.74) is 2.18. The van der Waals surface area contributed by atoms with E-state index in [-0.39, 0.29) is 5.92 Å². The highest BCUT2D eigenvalue weighted by atomic mass is 35.5. The normalized spacial score (nSPS) is 12.6. The van der Waals surface area contributed by atoms with Crippen LogP contribution < -0.4 is 0 Å². The molecule has 2 aromatic rings. The summed E-state index contributed by atoms with van der Waals surface area (Å²) in [6.07, 6.45) is 0.853. The quantitative estimate of drug-likeness (QED) is 0.744. The Morgan fingerprint density at radius 2 is 2.12 bits per heavy atom. The third kappa shape index (κ3) is 3.21. The second-order valence-electron chi connectivity index (χ2n) is 3.96. The molecule has 0 aliphatic heterocycles. The number of thiazole rings is 1. The van der Waals surface area contributed by atoms with Gasteiger partial charge in [0.15, 0.2) is 0 Å². The minimum absolute atomic E-state index is 0.232. The van der Waals surface area contributed by atoms with Gasteiger partial charge in [-0.3, -0.25) is 0 Å². The number of nitrogens with zero attached hydrogens (tertiary/aromatic N) is 1. The number of hydrogen-bond acceptors (Lipinski definition) is 2. The van der Waals surface area contributed by atoms with Gasteiger partial charge in [-0.1, -0.05) is 29.8 Å². The highest BCUT2D eigenvalue weighted by molar-refractivity contribution is 7.09. The Bertz CT molecular complexity index is 496. The van der Waals surface area contributed by atoms with Crippen LogP contribution in [0.15, 0.2) is 29.6 Å². The highest BCUT2D eigenvalue weighted by Crippen LogP contribution is 2.29. The molecule has 0 bridgehead atoms. The standard InChI is InChI=1S/C13H13Cl2NS/c1-9-8-17-13(16-9)6-10(7-14)11-4-2-3-5-12(11)15/h2-5,8,10H,6-7H2,1H3. The van der Waals surface area contributed by atoms with E-state index in [1.54, 1.807) is 11.3 Å². The van der Waals surface area contributed by atoms with Crippen LogP contribution >= 0.6 is 34.5 Å². The summed E-state index contributed by atoms with van der Waals surface area (Å²) in [6, 6.07) is 7.87. The molecular formula is C13H13Cl2NS. The molecule has 0 aliphatic carbocycles. The predicted octanol–water partition coefficient (Wildman–Crippen LogP) is 4.67. The number of rotatable bonds is 4. The van der Waals surface area contributed by atoms with Crippen molar-refractivity contribution in [1.82, 2.24) is 4.98 Å². The minimum Gasteiger partial charge on any atom is -0.247 e.